The fourth-order valence-corrected chi connectivity index (χ4v) is 6.62. The van der Waals surface area contributed by atoms with Crippen LogP contribution in [0.15, 0.2) is 18.5 Å². The highest BCUT2D eigenvalue weighted by Gasteiger charge is 2.55. The molecule has 2 heterocycles. The van der Waals surface area contributed by atoms with E-state index in [-0.39, 0.29) is 11.1 Å². The first-order valence-corrected chi connectivity index (χ1v) is 10.4. The first kappa shape index (κ1) is 17.1. The van der Waals surface area contributed by atoms with Crippen molar-refractivity contribution >= 4 is 11.7 Å². The molecule has 0 spiro atoms. The minimum atomic E-state index is -0.405. The predicted molar refractivity (Wildman–Crippen MR) is 105 cm³/mol. The van der Waals surface area contributed by atoms with Gasteiger partial charge in [0.1, 0.15) is 5.56 Å². The van der Waals surface area contributed by atoms with E-state index in [4.69, 9.17) is 5.73 Å². The van der Waals surface area contributed by atoms with E-state index in [1.165, 1.54) is 38.5 Å². The third-order valence-electron chi connectivity index (χ3n) is 7.17. The summed E-state index contributed by atoms with van der Waals surface area (Å²) in [6, 6.07) is 0. The molecule has 0 unspecified atom stereocenters. The maximum atomic E-state index is 12.2. The van der Waals surface area contributed by atoms with Crippen molar-refractivity contribution in [2.75, 3.05) is 11.6 Å². The fraction of sp³-hybridized carbons (Fsp3) is 0.714. The van der Waals surface area contributed by atoms with Crippen molar-refractivity contribution in [2.45, 2.75) is 70.4 Å². The molecule has 6 nitrogen and oxygen atoms in total. The van der Waals surface area contributed by atoms with Crippen molar-refractivity contribution < 1.29 is 4.79 Å². The van der Waals surface area contributed by atoms with Gasteiger partial charge in [-0.25, -0.2) is 4.68 Å². The van der Waals surface area contributed by atoms with E-state index in [9.17, 15) is 4.79 Å². The van der Waals surface area contributed by atoms with E-state index in [0.29, 0.717) is 5.56 Å². The van der Waals surface area contributed by atoms with Gasteiger partial charge in [0.15, 0.2) is 5.82 Å². The fourth-order valence-electron chi connectivity index (χ4n) is 6.62. The van der Waals surface area contributed by atoms with Crippen LogP contribution in [0.4, 0.5) is 5.82 Å². The zero-order valence-electron chi connectivity index (χ0n) is 16.7. The highest BCUT2D eigenvalue weighted by molar-refractivity contribution is 5.97. The number of anilines is 1. The van der Waals surface area contributed by atoms with Crippen LogP contribution in [-0.2, 0) is 5.54 Å². The molecule has 0 saturated heterocycles. The van der Waals surface area contributed by atoms with Gasteiger partial charge < -0.3 is 5.73 Å². The maximum absolute atomic E-state index is 12.2. The van der Waals surface area contributed by atoms with Gasteiger partial charge in [-0.2, -0.15) is 5.10 Å². The Labute approximate surface area is 161 Å². The van der Waals surface area contributed by atoms with Gasteiger partial charge in [-0.1, -0.05) is 0 Å². The number of carbonyl (C=O) groups is 1. The van der Waals surface area contributed by atoms with Gasteiger partial charge in [-0.3, -0.25) is 14.8 Å². The summed E-state index contributed by atoms with van der Waals surface area (Å²) in [4.78, 5) is 12.2. The molecule has 27 heavy (non-hydrogen) atoms. The Hall–Kier alpha value is -1.98. The Morgan fingerprint density at radius 2 is 1.74 bits per heavy atom. The van der Waals surface area contributed by atoms with Gasteiger partial charge in [0.25, 0.3) is 5.91 Å². The Bertz CT molecular complexity index is 767. The lowest BCUT2D eigenvalue weighted by molar-refractivity contribution is -0.0719. The molecule has 2 N–H and O–H groups in total. The summed E-state index contributed by atoms with van der Waals surface area (Å²) < 4.78 is 1.97. The number of hydrazine groups is 1. The molecule has 6 heteroatoms. The Kier molecular flexibility index (Phi) is 3.50. The van der Waals surface area contributed by atoms with Gasteiger partial charge in [-0.05, 0) is 83.1 Å². The van der Waals surface area contributed by atoms with Crippen LogP contribution in [0.5, 0.6) is 0 Å². The summed E-state index contributed by atoms with van der Waals surface area (Å²) >= 11 is 0. The van der Waals surface area contributed by atoms with Crippen molar-refractivity contribution in [1.82, 2.24) is 14.8 Å². The van der Waals surface area contributed by atoms with Crippen LogP contribution in [-0.4, -0.2) is 32.8 Å². The second kappa shape index (κ2) is 5.52. The smallest absolute Gasteiger partial charge is 0.254 e. The zero-order valence-corrected chi connectivity index (χ0v) is 16.7. The van der Waals surface area contributed by atoms with Crippen LogP contribution in [0.1, 0.15) is 69.7 Å². The van der Waals surface area contributed by atoms with E-state index < -0.39 is 5.91 Å². The van der Waals surface area contributed by atoms with Gasteiger partial charge in [0.05, 0.1) is 23.8 Å². The van der Waals surface area contributed by atoms with Crippen LogP contribution in [0.3, 0.4) is 0 Å². The molecule has 6 rings (SSSR count). The molecule has 0 atom stereocenters. The zero-order chi connectivity index (χ0) is 19.0. The summed E-state index contributed by atoms with van der Waals surface area (Å²) in [6.45, 7) is 7.12. The third-order valence-corrected chi connectivity index (χ3v) is 7.17. The quantitative estimate of drug-likeness (QED) is 0.888. The van der Waals surface area contributed by atoms with E-state index in [1.807, 2.05) is 4.68 Å². The molecular formula is C21H31N5O. The summed E-state index contributed by atoms with van der Waals surface area (Å²) in [5.41, 5.74) is 6.22. The van der Waals surface area contributed by atoms with Gasteiger partial charge in [-0.15, -0.1) is 0 Å². The van der Waals surface area contributed by atoms with E-state index in [2.05, 4.69) is 48.2 Å². The highest BCUT2D eigenvalue weighted by Crippen LogP contribution is 2.58. The molecule has 1 aliphatic heterocycles. The topological polar surface area (TPSA) is 67.4 Å². The van der Waals surface area contributed by atoms with Crippen LogP contribution >= 0.6 is 0 Å². The van der Waals surface area contributed by atoms with Crippen LogP contribution < -0.4 is 10.7 Å². The van der Waals surface area contributed by atoms with Crippen LogP contribution in [0.25, 0.3) is 0 Å². The summed E-state index contributed by atoms with van der Waals surface area (Å²) in [7, 11) is 0. The van der Waals surface area contributed by atoms with Crippen molar-refractivity contribution in [1.29, 1.82) is 0 Å². The molecule has 4 fully saturated rings. The molecule has 146 valence electrons. The summed E-state index contributed by atoms with van der Waals surface area (Å²) in [6.07, 6.45) is 14.2. The van der Waals surface area contributed by atoms with Crippen LogP contribution in [0, 0.1) is 17.8 Å². The van der Waals surface area contributed by atoms with Crippen molar-refractivity contribution in [3.8, 4) is 0 Å². The minimum Gasteiger partial charge on any atom is -0.365 e. The maximum Gasteiger partial charge on any atom is 0.254 e. The normalized spacial score (nSPS) is 34.7. The first-order chi connectivity index (χ1) is 12.8. The number of rotatable bonds is 3. The molecule has 5 aliphatic rings. The van der Waals surface area contributed by atoms with Gasteiger partial charge in [0.2, 0.25) is 0 Å². The van der Waals surface area contributed by atoms with Gasteiger partial charge >= 0.3 is 0 Å². The molecule has 0 aromatic carbocycles. The van der Waals surface area contributed by atoms with Crippen molar-refractivity contribution in [3.05, 3.63) is 24.0 Å². The Morgan fingerprint density at radius 1 is 1.15 bits per heavy atom. The Morgan fingerprint density at radius 3 is 2.26 bits per heavy atom. The second-order valence-corrected chi connectivity index (χ2v) is 10.3. The number of nitrogens with zero attached hydrogens (tertiary/aromatic N) is 4. The Balaban J connectivity index is 1.57. The van der Waals surface area contributed by atoms with Crippen LogP contribution in [0.2, 0.25) is 0 Å². The summed E-state index contributed by atoms with van der Waals surface area (Å²) in [5, 5.41) is 9.28. The highest BCUT2D eigenvalue weighted by atomic mass is 16.1. The minimum absolute atomic E-state index is 0.198. The average Bonchev–Trinajstić information content (AvgIpc) is 3.20. The SMILES string of the molecule is CC(C)(C)n1ncc(C(N)=O)c1N1CC=CN1C12CC3CC(CC(C3)C1)C2. The number of amides is 1. The number of nitrogens with two attached hydrogens (primary N) is 1. The van der Waals surface area contributed by atoms with Crippen molar-refractivity contribution in [2.24, 2.45) is 23.5 Å². The predicted octanol–water partition coefficient (Wildman–Crippen LogP) is 3.26. The van der Waals surface area contributed by atoms with E-state index >= 15 is 0 Å². The van der Waals surface area contributed by atoms with E-state index in [1.54, 1.807) is 6.20 Å². The van der Waals surface area contributed by atoms with Gasteiger partial charge in [0, 0.05) is 6.20 Å². The molecule has 1 amide bonds. The molecule has 0 radical (unpaired) electrons. The molecule has 4 saturated carbocycles. The molecule has 1 aromatic heterocycles. The standard InChI is InChI=1S/C21H31N5O/c1-20(2,3)26-19(17(13-23-26)18(22)27)24-5-4-6-25(24)21-10-14-7-15(11-21)9-16(8-14)12-21/h4,6,13-16H,5,7-12H2,1-3H3,(H2,22,27). The lowest BCUT2D eigenvalue weighted by Crippen LogP contribution is -2.62. The summed E-state index contributed by atoms with van der Waals surface area (Å²) in [5.74, 6) is 3.05. The molecular weight excluding hydrogens is 338 g/mol. The second-order valence-electron chi connectivity index (χ2n) is 10.3. The number of hydrogen-bond acceptors (Lipinski definition) is 4. The van der Waals surface area contributed by atoms with Crippen molar-refractivity contribution in [3.63, 3.8) is 0 Å². The first-order valence-electron chi connectivity index (χ1n) is 10.4. The van der Waals surface area contributed by atoms with E-state index in [0.717, 1.165) is 30.1 Å². The monoisotopic (exact) mass is 369 g/mol. The molecule has 1 aromatic rings. The molecule has 4 bridgehead atoms. The number of carbonyl (C=O) groups excluding carboxylic acids is 1. The third kappa shape index (κ3) is 2.52. The lowest BCUT2D eigenvalue weighted by atomic mass is 9.53. The number of hydrogen-bond donors (Lipinski definition) is 1. The molecule has 4 aliphatic carbocycles. The largest absolute Gasteiger partial charge is 0.365 e. The average molecular weight is 370 g/mol. The number of aromatic nitrogens is 2. The lowest BCUT2D eigenvalue weighted by Gasteiger charge is -2.61. The number of primary amides is 1.